The number of hydrazone groups is 1. The van der Waals surface area contributed by atoms with Crippen LogP contribution in [0.5, 0.6) is 17.2 Å². The highest BCUT2D eigenvalue weighted by Crippen LogP contribution is 2.48. The van der Waals surface area contributed by atoms with Crippen molar-refractivity contribution < 1.29 is 14.6 Å². The van der Waals surface area contributed by atoms with Crippen molar-refractivity contribution in [3.05, 3.63) is 53.1 Å². The first-order chi connectivity index (χ1) is 13.0. The molecule has 2 aliphatic rings. The molecule has 0 fully saturated rings. The molecule has 0 saturated carbocycles. The van der Waals surface area contributed by atoms with Gasteiger partial charge in [-0.1, -0.05) is 37.6 Å². The second-order valence-corrected chi connectivity index (χ2v) is 7.75. The van der Waals surface area contributed by atoms with Crippen molar-refractivity contribution in [2.75, 3.05) is 7.11 Å². The van der Waals surface area contributed by atoms with E-state index in [9.17, 15) is 5.11 Å². The van der Waals surface area contributed by atoms with Crippen molar-refractivity contribution in [1.29, 1.82) is 0 Å². The first-order valence-corrected chi connectivity index (χ1v) is 9.47. The molecule has 0 unspecified atom stereocenters. The minimum absolute atomic E-state index is 0.0857. The zero-order chi connectivity index (χ0) is 19.1. The van der Waals surface area contributed by atoms with Gasteiger partial charge in [-0.3, -0.25) is 5.01 Å². The SMILES string of the molecule is COc1cccc2c1O[C@@H](CC(C)C)N1N=C(c3cc(C)ccc3O)C[C@H]21. The Morgan fingerprint density at radius 2 is 2.11 bits per heavy atom. The summed E-state index contributed by atoms with van der Waals surface area (Å²) in [6.45, 7) is 6.39. The van der Waals surface area contributed by atoms with Gasteiger partial charge in [-0.05, 0) is 31.0 Å². The molecule has 0 radical (unpaired) electrons. The second-order valence-electron chi connectivity index (χ2n) is 7.75. The summed E-state index contributed by atoms with van der Waals surface area (Å²) in [4.78, 5) is 0. The smallest absolute Gasteiger partial charge is 0.188 e. The van der Waals surface area contributed by atoms with E-state index in [-0.39, 0.29) is 18.0 Å². The van der Waals surface area contributed by atoms with E-state index < -0.39 is 0 Å². The number of nitrogens with zero attached hydrogens (tertiary/aromatic N) is 2. The fraction of sp³-hybridized carbons (Fsp3) is 0.409. The highest BCUT2D eigenvalue weighted by Gasteiger charge is 2.41. The van der Waals surface area contributed by atoms with Crippen LogP contribution in [0.25, 0.3) is 0 Å². The third kappa shape index (κ3) is 3.11. The third-order valence-corrected chi connectivity index (χ3v) is 5.22. The van der Waals surface area contributed by atoms with Crippen LogP contribution in [0.2, 0.25) is 0 Å². The Morgan fingerprint density at radius 3 is 2.85 bits per heavy atom. The molecule has 2 aliphatic heterocycles. The average molecular weight is 366 g/mol. The van der Waals surface area contributed by atoms with E-state index in [2.05, 4.69) is 24.9 Å². The summed E-state index contributed by atoms with van der Waals surface area (Å²) in [6, 6.07) is 11.7. The second kappa shape index (κ2) is 6.80. The van der Waals surface area contributed by atoms with Crippen molar-refractivity contribution in [2.45, 2.75) is 45.9 Å². The molecule has 4 rings (SSSR count). The van der Waals surface area contributed by atoms with Gasteiger partial charge in [-0.15, -0.1) is 0 Å². The van der Waals surface area contributed by atoms with Crippen molar-refractivity contribution >= 4 is 5.71 Å². The summed E-state index contributed by atoms with van der Waals surface area (Å²) in [6.07, 6.45) is 1.45. The van der Waals surface area contributed by atoms with Crippen LogP contribution >= 0.6 is 0 Å². The quantitative estimate of drug-likeness (QED) is 0.857. The maximum absolute atomic E-state index is 10.4. The van der Waals surface area contributed by atoms with Crippen LogP contribution in [0.3, 0.4) is 0 Å². The van der Waals surface area contributed by atoms with E-state index in [0.717, 1.165) is 46.7 Å². The summed E-state index contributed by atoms with van der Waals surface area (Å²) in [5.74, 6) is 2.31. The van der Waals surface area contributed by atoms with Gasteiger partial charge in [0.25, 0.3) is 0 Å². The molecule has 2 heterocycles. The molecule has 5 nitrogen and oxygen atoms in total. The number of phenolic OH excluding ortho intramolecular Hbond substituents is 1. The van der Waals surface area contributed by atoms with E-state index in [1.165, 1.54) is 0 Å². The molecule has 0 saturated heterocycles. The lowest BCUT2D eigenvalue weighted by Crippen LogP contribution is -2.41. The van der Waals surface area contributed by atoms with Gasteiger partial charge in [0.1, 0.15) is 5.75 Å². The maximum atomic E-state index is 10.4. The fourth-order valence-electron chi connectivity index (χ4n) is 3.92. The van der Waals surface area contributed by atoms with Gasteiger partial charge in [0, 0.05) is 24.0 Å². The van der Waals surface area contributed by atoms with Crippen molar-refractivity contribution in [2.24, 2.45) is 11.0 Å². The van der Waals surface area contributed by atoms with Gasteiger partial charge in [0.15, 0.2) is 17.7 Å². The van der Waals surface area contributed by atoms with Gasteiger partial charge >= 0.3 is 0 Å². The largest absolute Gasteiger partial charge is 0.507 e. The minimum Gasteiger partial charge on any atom is -0.507 e. The van der Waals surface area contributed by atoms with Crippen LogP contribution in [0, 0.1) is 12.8 Å². The number of rotatable bonds is 4. The molecular formula is C22H26N2O3. The molecule has 0 aliphatic carbocycles. The van der Waals surface area contributed by atoms with Crippen LogP contribution in [0.4, 0.5) is 0 Å². The van der Waals surface area contributed by atoms with Crippen molar-refractivity contribution in [1.82, 2.24) is 5.01 Å². The summed E-state index contributed by atoms with van der Waals surface area (Å²) < 4.78 is 11.9. The molecule has 27 heavy (non-hydrogen) atoms. The standard InChI is InChI=1S/C22H26N2O3/c1-13(2)10-21-24-18(15-6-5-7-20(26-4)22(15)27-21)12-17(23-24)16-11-14(3)8-9-19(16)25/h5-9,11,13,18,21,25H,10,12H2,1-4H3/t18-,21+/m1/s1. The van der Waals surface area contributed by atoms with E-state index in [1.54, 1.807) is 13.2 Å². The first-order valence-electron chi connectivity index (χ1n) is 9.47. The molecule has 142 valence electrons. The molecule has 5 heteroatoms. The van der Waals surface area contributed by atoms with Crippen molar-refractivity contribution in [3.63, 3.8) is 0 Å². The van der Waals surface area contributed by atoms with Crippen LogP contribution in [-0.4, -0.2) is 29.2 Å². The van der Waals surface area contributed by atoms with E-state index in [0.29, 0.717) is 5.92 Å². The summed E-state index contributed by atoms with van der Waals surface area (Å²) in [5, 5.41) is 17.3. The average Bonchev–Trinajstić information content (AvgIpc) is 3.08. The number of phenols is 1. The molecule has 0 aromatic heterocycles. The number of methoxy groups -OCH3 is 1. The lowest BCUT2D eigenvalue weighted by molar-refractivity contribution is -0.0308. The Kier molecular flexibility index (Phi) is 4.46. The molecule has 0 bridgehead atoms. The third-order valence-electron chi connectivity index (χ3n) is 5.22. The number of fused-ring (bicyclic) bond motifs is 3. The van der Waals surface area contributed by atoms with Gasteiger partial charge in [0.2, 0.25) is 0 Å². The van der Waals surface area contributed by atoms with Gasteiger partial charge in [0.05, 0.1) is 18.9 Å². The number of para-hydroxylation sites is 1. The number of aryl methyl sites for hydroxylation is 1. The zero-order valence-electron chi connectivity index (χ0n) is 16.3. The molecule has 1 N–H and O–H groups in total. The topological polar surface area (TPSA) is 54.3 Å². The summed E-state index contributed by atoms with van der Waals surface area (Å²) in [7, 11) is 1.67. The van der Waals surface area contributed by atoms with Crippen LogP contribution in [0.15, 0.2) is 41.5 Å². The monoisotopic (exact) mass is 366 g/mol. The summed E-state index contributed by atoms with van der Waals surface area (Å²) >= 11 is 0. The highest BCUT2D eigenvalue weighted by molar-refractivity contribution is 6.04. The number of hydrogen-bond donors (Lipinski definition) is 1. The number of aromatic hydroxyl groups is 1. The molecule has 0 spiro atoms. The van der Waals surface area contributed by atoms with Gasteiger partial charge in [-0.2, -0.15) is 5.10 Å². The minimum atomic E-state index is -0.150. The fourth-order valence-corrected chi connectivity index (χ4v) is 3.92. The van der Waals surface area contributed by atoms with Crippen LogP contribution in [0.1, 0.15) is 49.4 Å². The Morgan fingerprint density at radius 1 is 1.30 bits per heavy atom. The lowest BCUT2D eigenvalue weighted by atomic mass is 9.94. The first kappa shape index (κ1) is 17.7. The Balaban J connectivity index is 1.77. The van der Waals surface area contributed by atoms with E-state index in [1.807, 2.05) is 31.2 Å². The summed E-state index contributed by atoms with van der Waals surface area (Å²) in [5.41, 5.74) is 3.89. The molecular weight excluding hydrogens is 340 g/mol. The predicted octanol–water partition coefficient (Wildman–Crippen LogP) is 4.62. The van der Waals surface area contributed by atoms with E-state index in [4.69, 9.17) is 14.6 Å². The number of benzene rings is 2. The lowest BCUT2D eigenvalue weighted by Gasteiger charge is -2.39. The maximum Gasteiger partial charge on any atom is 0.188 e. The Labute approximate surface area is 160 Å². The normalized spacial score (nSPS) is 20.8. The van der Waals surface area contributed by atoms with E-state index >= 15 is 0 Å². The highest BCUT2D eigenvalue weighted by atomic mass is 16.5. The number of hydrogen-bond acceptors (Lipinski definition) is 5. The molecule has 2 atom stereocenters. The predicted molar refractivity (Wildman–Crippen MR) is 105 cm³/mol. The molecule has 0 amide bonds. The Hall–Kier alpha value is -2.69. The Bertz CT molecular complexity index is 891. The molecule has 2 aromatic carbocycles. The molecule has 2 aromatic rings. The van der Waals surface area contributed by atoms with Gasteiger partial charge in [-0.25, -0.2) is 0 Å². The zero-order valence-corrected chi connectivity index (χ0v) is 16.3. The van der Waals surface area contributed by atoms with Crippen molar-refractivity contribution in [3.8, 4) is 17.2 Å². The van der Waals surface area contributed by atoms with Gasteiger partial charge < -0.3 is 14.6 Å². The van der Waals surface area contributed by atoms with Crippen LogP contribution < -0.4 is 9.47 Å². The van der Waals surface area contributed by atoms with Crippen LogP contribution in [-0.2, 0) is 0 Å². The number of ether oxygens (including phenoxy) is 2.